The monoisotopic (exact) mass is 414 g/mol. The Kier molecular flexibility index (Phi) is 5.54. The highest BCUT2D eigenvalue weighted by atomic mass is 79.9. The van der Waals surface area contributed by atoms with E-state index >= 15 is 0 Å². The van der Waals surface area contributed by atoms with E-state index in [0.717, 1.165) is 12.8 Å². The van der Waals surface area contributed by atoms with Crippen molar-refractivity contribution in [2.45, 2.75) is 17.7 Å². The van der Waals surface area contributed by atoms with Crippen molar-refractivity contribution in [2.75, 3.05) is 13.1 Å². The third kappa shape index (κ3) is 4.56. The van der Waals surface area contributed by atoms with Crippen molar-refractivity contribution >= 4 is 55.1 Å². The van der Waals surface area contributed by atoms with Crippen molar-refractivity contribution < 1.29 is 13.2 Å². The van der Waals surface area contributed by atoms with Gasteiger partial charge in [-0.3, -0.25) is 4.79 Å². The highest BCUT2D eigenvalue weighted by Gasteiger charge is 2.29. The second-order valence-electron chi connectivity index (χ2n) is 4.66. The zero-order chi connectivity index (χ0) is 15.6. The van der Waals surface area contributed by atoms with E-state index in [-0.39, 0.29) is 39.9 Å². The summed E-state index contributed by atoms with van der Waals surface area (Å²) in [6, 6.07) is 2.91. The minimum absolute atomic E-state index is 0.0314. The van der Waals surface area contributed by atoms with Gasteiger partial charge in [0.1, 0.15) is 4.90 Å². The highest BCUT2D eigenvalue weighted by Crippen LogP contribution is 2.32. The second-order valence-corrected chi connectivity index (χ2v) is 8.10. The molecule has 21 heavy (non-hydrogen) atoms. The van der Waals surface area contributed by atoms with E-state index in [4.69, 9.17) is 23.2 Å². The van der Waals surface area contributed by atoms with Crippen LogP contribution in [0.1, 0.15) is 12.8 Å². The number of nitrogens with one attached hydrogen (secondary N) is 2. The van der Waals surface area contributed by atoms with E-state index in [2.05, 4.69) is 26.0 Å². The third-order valence-corrected chi connectivity index (χ3v) is 5.74. The predicted octanol–water partition coefficient (Wildman–Crippen LogP) is 2.56. The average Bonchev–Trinajstić information content (AvgIpc) is 3.16. The molecule has 2 rings (SSSR count). The van der Waals surface area contributed by atoms with Gasteiger partial charge in [-0.05, 0) is 25.0 Å². The molecule has 1 aliphatic rings. The molecular weight excluding hydrogens is 403 g/mol. The van der Waals surface area contributed by atoms with Gasteiger partial charge in [0, 0.05) is 23.5 Å². The van der Waals surface area contributed by atoms with Crippen LogP contribution >= 0.6 is 39.1 Å². The van der Waals surface area contributed by atoms with Crippen LogP contribution in [-0.4, -0.2) is 27.4 Å². The molecule has 0 aliphatic heterocycles. The van der Waals surface area contributed by atoms with E-state index in [1.165, 1.54) is 12.1 Å². The summed E-state index contributed by atoms with van der Waals surface area (Å²) in [5, 5.41) is 2.73. The quantitative estimate of drug-likeness (QED) is 0.701. The smallest absolute Gasteiger partial charge is 0.243 e. The minimum atomic E-state index is -3.83. The number of hydrogen-bond donors (Lipinski definition) is 2. The molecule has 0 radical (unpaired) electrons. The van der Waals surface area contributed by atoms with Gasteiger partial charge in [-0.25, -0.2) is 13.1 Å². The molecule has 0 unspecified atom stereocenters. The maximum atomic E-state index is 12.2. The molecule has 1 aliphatic carbocycles. The lowest BCUT2D eigenvalue weighted by Crippen LogP contribution is -2.35. The van der Waals surface area contributed by atoms with Crippen molar-refractivity contribution in [3.63, 3.8) is 0 Å². The lowest BCUT2D eigenvalue weighted by Gasteiger charge is -2.11. The summed E-state index contributed by atoms with van der Waals surface area (Å²) >= 11 is 15.0. The first-order valence-corrected chi connectivity index (χ1v) is 9.26. The molecule has 1 saturated carbocycles. The molecule has 0 atom stereocenters. The lowest BCUT2D eigenvalue weighted by atomic mass is 10.4. The number of sulfonamides is 1. The maximum Gasteiger partial charge on any atom is 0.243 e. The summed E-state index contributed by atoms with van der Waals surface area (Å²) in [5.74, 6) is 0.0610. The van der Waals surface area contributed by atoms with E-state index < -0.39 is 10.0 Å². The van der Waals surface area contributed by atoms with Crippen molar-refractivity contribution in [2.24, 2.45) is 5.92 Å². The molecule has 1 aromatic rings. The molecule has 0 bridgehead atoms. The minimum Gasteiger partial charge on any atom is -0.355 e. The number of halogens is 3. The van der Waals surface area contributed by atoms with Crippen LogP contribution in [0.3, 0.4) is 0 Å². The van der Waals surface area contributed by atoms with E-state index in [1.54, 1.807) is 0 Å². The van der Waals surface area contributed by atoms with Crippen LogP contribution in [0.5, 0.6) is 0 Å². The van der Waals surface area contributed by atoms with Gasteiger partial charge in [-0.2, -0.15) is 0 Å². The number of rotatable bonds is 6. The largest absolute Gasteiger partial charge is 0.355 e. The van der Waals surface area contributed by atoms with Gasteiger partial charge in [0.2, 0.25) is 15.9 Å². The first-order valence-electron chi connectivity index (χ1n) is 6.23. The first kappa shape index (κ1) is 17.0. The van der Waals surface area contributed by atoms with E-state index in [0.29, 0.717) is 4.47 Å². The van der Waals surface area contributed by atoms with Gasteiger partial charge >= 0.3 is 0 Å². The number of carbonyl (C=O) groups excluding carboxylic acids is 1. The molecule has 0 spiro atoms. The van der Waals surface area contributed by atoms with Crippen molar-refractivity contribution in [3.05, 3.63) is 26.7 Å². The Bertz CT molecular complexity index is 639. The molecule has 116 valence electrons. The Hall–Kier alpha value is -0.340. The van der Waals surface area contributed by atoms with Crippen LogP contribution in [0, 0.1) is 5.92 Å². The zero-order valence-corrected chi connectivity index (χ0v) is 14.7. The van der Waals surface area contributed by atoms with E-state index in [9.17, 15) is 13.2 Å². The molecule has 1 aromatic carbocycles. The SMILES string of the molecule is O=C(NCCNS(=O)(=O)c1c(Cl)cc(Br)cc1Cl)C1CC1. The normalized spacial score (nSPS) is 15.0. The van der Waals surface area contributed by atoms with Crippen LogP contribution in [-0.2, 0) is 14.8 Å². The van der Waals surface area contributed by atoms with E-state index in [1.807, 2.05) is 0 Å². The fourth-order valence-electron chi connectivity index (χ4n) is 1.72. The highest BCUT2D eigenvalue weighted by molar-refractivity contribution is 9.10. The summed E-state index contributed by atoms with van der Waals surface area (Å²) in [7, 11) is -3.83. The molecule has 0 saturated heterocycles. The molecule has 2 N–H and O–H groups in total. The van der Waals surface area contributed by atoms with Gasteiger partial charge in [0.15, 0.2) is 0 Å². The van der Waals surface area contributed by atoms with Crippen molar-refractivity contribution in [1.82, 2.24) is 10.0 Å². The number of carbonyl (C=O) groups is 1. The van der Waals surface area contributed by atoms with Crippen molar-refractivity contribution in [3.8, 4) is 0 Å². The lowest BCUT2D eigenvalue weighted by molar-refractivity contribution is -0.122. The maximum absolute atomic E-state index is 12.2. The standard InChI is InChI=1S/C12H13BrCl2N2O3S/c13-8-5-9(14)11(10(15)6-8)21(19,20)17-4-3-16-12(18)7-1-2-7/h5-7,17H,1-4H2,(H,16,18). The van der Waals surface area contributed by atoms with Crippen LogP contribution < -0.4 is 10.0 Å². The van der Waals surface area contributed by atoms with Crippen molar-refractivity contribution in [1.29, 1.82) is 0 Å². The van der Waals surface area contributed by atoms with Gasteiger partial charge < -0.3 is 5.32 Å². The van der Waals surface area contributed by atoms with Gasteiger partial charge in [0.25, 0.3) is 0 Å². The summed E-state index contributed by atoms with van der Waals surface area (Å²) < 4.78 is 27.3. The molecule has 0 heterocycles. The third-order valence-electron chi connectivity index (χ3n) is 2.90. The topological polar surface area (TPSA) is 75.3 Å². The van der Waals surface area contributed by atoms with Crippen LogP contribution in [0.15, 0.2) is 21.5 Å². The summed E-state index contributed by atoms with van der Waals surface area (Å²) in [6.07, 6.45) is 1.81. The number of amides is 1. The van der Waals surface area contributed by atoms with Gasteiger partial charge in [0.05, 0.1) is 10.0 Å². The van der Waals surface area contributed by atoms with Gasteiger partial charge in [-0.15, -0.1) is 0 Å². The zero-order valence-electron chi connectivity index (χ0n) is 10.8. The Morgan fingerprint density at radius 3 is 2.33 bits per heavy atom. The Morgan fingerprint density at radius 1 is 1.24 bits per heavy atom. The number of hydrogen-bond acceptors (Lipinski definition) is 3. The molecule has 5 nitrogen and oxygen atoms in total. The molecule has 1 amide bonds. The average molecular weight is 416 g/mol. The molecular formula is C12H13BrCl2N2O3S. The summed E-state index contributed by atoms with van der Waals surface area (Å²) in [4.78, 5) is 11.2. The van der Waals surface area contributed by atoms with Crippen LogP contribution in [0.25, 0.3) is 0 Å². The molecule has 1 fully saturated rings. The van der Waals surface area contributed by atoms with Gasteiger partial charge in [-0.1, -0.05) is 39.1 Å². The Balaban J connectivity index is 1.96. The Labute approximate surface area is 141 Å². The summed E-state index contributed by atoms with van der Waals surface area (Å²) in [5.41, 5.74) is 0. The summed E-state index contributed by atoms with van der Waals surface area (Å²) in [6.45, 7) is 0.295. The molecule has 0 aromatic heterocycles. The fourth-order valence-corrected chi connectivity index (χ4v) is 4.68. The Morgan fingerprint density at radius 2 is 1.81 bits per heavy atom. The van der Waals surface area contributed by atoms with Crippen LogP contribution in [0.4, 0.5) is 0 Å². The number of benzene rings is 1. The predicted molar refractivity (Wildman–Crippen MR) is 85.1 cm³/mol. The van der Waals surface area contributed by atoms with Crippen LogP contribution in [0.2, 0.25) is 10.0 Å². The first-order chi connectivity index (χ1) is 9.81. The molecule has 9 heteroatoms. The fraction of sp³-hybridized carbons (Fsp3) is 0.417. The second kappa shape index (κ2) is 6.83.